The highest BCUT2D eigenvalue weighted by atomic mass is 35.5. The van der Waals surface area contributed by atoms with Crippen LogP contribution in [0, 0.1) is 6.92 Å². The van der Waals surface area contributed by atoms with Crippen molar-refractivity contribution in [2.75, 3.05) is 11.9 Å². The number of anilines is 1. The van der Waals surface area contributed by atoms with Gasteiger partial charge in [0.25, 0.3) is 5.91 Å². The van der Waals surface area contributed by atoms with Crippen molar-refractivity contribution in [1.29, 1.82) is 0 Å². The van der Waals surface area contributed by atoms with Gasteiger partial charge in [0.2, 0.25) is 5.28 Å². The molecule has 2 aromatic rings. The summed E-state index contributed by atoms with van der Waals surface area (Å²) in [5.74, 6) is 0.274. The lowest BCUT2D eigenvalue weighted by atomic mass is 10.3. The zero-order valence-corrected chi connectivity index (χ0v) is 10.7. The molecule has 0 spiro atoms. The lowest BCUT2D eigenvalue weighted by molar-refractivity contribution is 0.0987. The maximum Gasteiger partial charge on any atom is 0.277 e. The molecule has 0 aliphatic heterocycles. The Hall–Kier alpha value is -2.01. The standard InChI is InChI=1S/C12H11ClN4O/c1-8-7-9(16-12(13)15-8)11(18)17(2)10-5-3-4-6-14-10/h3-7H,1-2H3. The molecule has 0 aromatic carbocycles. The van der Waals surface area contributed by atoms with Gasteiger partial charge >= 0.3 is 0 Å². The molecule has 0 saturated heterocycles. The van der Waals surface area contributed by atoms with Crippen LogP contribution in [0.15, 0.2) is 30.5 Å². The van der Waals surface area contributed by atoms with Gasteiger partial charge in [-0.05, 0) is 36.7 Å². The van der Waals surface area contributed by atoms with E-state index in [2.05, 4.69) is 15.0 Å². The molecule has 0 fully saturated rings. The van der Waals surface area contributed by atoms with Crippen molar-refractivity contribution in [2.24, 2.45) is 0 Å². The van der Waals surface area contributed by atoms with Gasteiger partial charge in [-0.1, -0.05) is 6.07 Å². The fourth-order valence-electron chi connectivity index (χ4n) is 1.47. The summed E-state index contributed by atoms with van der Waals surface area (Å²) in [4.78, 5) is 25.5. The molecule has 0 N–H and O–H groups in total. The molecule has 0 unspecified atom stereocenters. The Bertz CT molecular complexity index is 553. The van der Waals surface area contributed by atoms with Crippen molar-refractivity contribution in [3.63, 3.8) is 0 Å². The van der Waals surface area contributed by atoms with Crippen molar-refractivity contribution < 1.29 is 4.79 Å². The third-order valence-corrected chi connectivity index (χ3v) is 2.51. The van der Waals surface area contributed by atoms with Gasteiger partial charge in [0.05, 0.1) is 0 Å². The summed E-state index contributed by atoms with van der Waals surface area (Å²) in [7, 11) is 1.63. The van der Waals surface area contributed by atoms with E-state index in [9.17, 15) is 4.79 Å². The maximum absolute atomic E-state index is 12.2. The topological polar surface area (TPSA) is 59.0 Å². The highest BCUT2D eigenvalue weighted by Crippen LogP contribution is 2.12. The second-order valence-electron chi connectivity index (χ2n) is 3.72. The van der Waals surface area contributed by atoms with Gasteiger partial charge in [-0.25, -0.2) is 15.0 Å². The highest BCUT2D eigenvalue weighted by Gasteiger charge is 2.16. The first-order valence-electron chi connectivity index (χ1n) is 5.28. The van der Waals surface area contributed by atoms with Crippen LogP contribution in [0.4, 0.5) is 5.82 Å². The highest BCUT2D eigenvalue weighted by molar-refractivity contribution is 6.28. The first-order chi connectivity index (χ1) is 8.58. The quantitative estimate of drug-likeness (QED) is 0.778. The van der Waals surface area contributed by atoms with E-state index in [1.807, 2.05) is 6.07 Å². The van der Waals surface area contributed by atoms with Crippen LogP contribution in [0.1, 0.15) is 16.2 Å². The number of nitrogens with zero attached hydrogens (tertiary/aromatic N) is 4. The van der Waals surface area contributed by atoms with Crippen LogP contribution in [0.25, 0.3) is 0 Å². The number of amides is 1. The molecule has 0 atom stereocenters. The molecular formula is C12H11ClN4O. The van der Waals surface area contributed by atoms with Crippen molar-refractivity contribution in [2.45, 2.75) is 6.92 Å². The van der Waals surface area contributed by atoms with Crippen LogP contribution in [-0.4, -0.2) is 27.9 Å². The Balaban J connectivity index is 2.31. The number of hydrogen-bond donors (Lipinski definition) is 0. The summed E-state index contributed by atoms with van der Waals surface area (Å²) in [6.07, 6.45) is 1.62. The lowest BCUT2D eigenvalue weighted by Crippen LogP contribution is -2.28. The number of pyridine rings is 1. The molecule has 18 heavy (non-hydrogen) atoms. The number of carbonyl (C=O) groups excluding carboxylic acids is 1. The monoisotopic (exact) mass is 262 g/mol. The van der Waals surface area contributed by atoms with E-state index in [1.54, 1.807) is 38.4 Å². The van der Waals surface area contributed by atoms with E-state index in [4.69, 9.17) is 11.6 Å². The minimum absolute atomic E-state index is 0.0628. The van der Waals surface area contributed by atoms with Gasteiger partial charge in [-0.2, -0.15) is 0 Å². The van der Waals surface area contributed by atoms with E-state index in [1.165, 1.54) is 4.90 Å². The van der Waals surface area contributed by atoms with Gasteiger partial charge in [0.15, 0.2) is 0 Å². The summed E-state index contributed by atoms with van der Waals surface area (Å²) >= 11 is 5.74. The Morgan fingerprint density at radius 2 is 2.11 bits per heavy atom. The lowest BCUT2D eigenvalue weighted by Gasteiger charge is -2.15. The van der Waals surface area contributed by atoms with Gasteiger partial charge in [-0.3, -0.25) is 9.69 Å². The Kier molecular flexibility index (Phi) is 3.53. The van der Waals surface area contributed by atoms with E-state index in [-0.39, 0.29) is 16.9 Å². The van der Waals surface area contributed by atoms with Gasteiger partial charge in [-0.15, -0.1) is 0 Å². The molecule has 5 nitrogen and oxygen atoms in total. The van der Waals surface area contributed by atoms with E-state index >= 15 is 0 Å². The van der Waals surface area contributed by atoms with Crippen LogP contribution >= 0.6 is 11.6 Å². The first-order valence-corrected chi connectivity index (χ1v) is 5.66. The van der Waals surface area contributed by atoms with E-state index in [0.29, 0.717) is 11.5 Å². The number of aromatic nitrogens is 3. The third-order valence-electron chi connectivity index (χ3n) is 2.34. The Labute approximate surface area is 109 Å². The van der Waals surface area contributed by atoms with Crippen LogP contribution < -0.4 is 4.90 Å². The minimum atomic E-state index is -0.277. The van der Waals surface area contributed by atoms with Crippen molar-refractivity contribution >= 4 is 23.3 Å². The Morgan fingerprint density at radius 3 is 2.72 bits per heavy atom. The van der Waals surface area contributed by atoms with Crippen molar-refractivity contribution in [1.82, 2.24) is 15.0 Å². The molecule has 2 aromatic heterocycles. The van der Waals surface area contributed by atoms with Gasteiger partial charge in [0, 0.05) is 18.9 Å². The van der Waals surface area contributed by atoms with Crippen LogP contribution in [-0.2, 0) is 0 Å². The second-order valence-corrected chi connectivity index (χ2v) is 4.05. The summed E-state index contributed by atoms with van der Waals surface area (Å²) < 4.78 is 0. The van der Waals surface area contributed by atoms with Gasteiger partial charge in [0.1, 0.15) is 11.5 Å². The third kappa shape index (κ3) is 2.62. The van der Waals surface area contributed by atoms with Crippen LogP contribution in [0.2, 0.25) is 5.28 Å². The molecular weight excluding hydrogens is 252 g/mol. The Morgan fingerprint density at radius 1 is 1.33 bits per heavy atom. The molecule has 92 valence electrons. The predicted molar refractivity (Wildman–Crippen MR) is 68.7 cm³/mol. The number of halogens is 1. The van der Waals surface area contributed by atoms with Crippen LogP contribution in [0.5, 0.6) is 0 Å². The second kappa shape index (κ2) is 5.10. The molecule has 0 aliphatic rings. The summed E-state index contributed by atoms with van der Waals surface area (Å²) in [6, 6.07) is 6.93. The fraction of sp³-hybridized carbons (Fsp3) is 0.167. The molecule has 1 amide bonds. The number of rotatable bonds is 2. The molecule has 0 saturated carbocycles. The minimum Gasteiger partial charge on any atom is -0.294 e. The smallest absolute Gasteiger partial charge is 0.277 e. The average molecular weight is 263 g/mol. The average Bonchev–Trinajstić information content (AvgIpc) is 2.37. The molecule has 0 radical (unpaired) electrons. The zero-order chi connectivity index (χ0) is 13.1. The molecule has 6 heteroatoms. The van der Waals surface area contributed by atoms with Crippen molar-refractivity contribution in [3.8, 4) is 0 Å². The number of aryl methyl sites for hydroxylation is 1. The van der Waals surface area contributed by atoms with E-state index in [0.717, 1.165) is 0 Å². The molecule has 2 rings (SSSR count). The first kappa shape index (κ1) is 12.4. The SMILES string of the molecule is Cc1cc(C(=O)N(C)c2ccccn2)nc(Cl)n1. The zero-order valence-electron chi connectivity index (χ0n) is 9.96. The summed E-state index contributed by atoms with van der Waals surface area (Å²) in [5.41, 5.74) is 0.897. The van der Waals surface area contributed by atoms with Crippen molar-refractivity contribution in [3.05, 3.63) is 47.1 Å². The molecule has 0 bridgehead atoms. The maximum atomic E-state index is 12.2. The van der Waals surface area contributed by atoms with Gasteiger partial charge < -0.3 is 0 Å². The molecule has 2 heterocycles. The predicted octanol–water partition coefficient (Wildman–Crippen LogP) is 2.11. The summed E-state index contributed by atoms with van der Waals surface area (Å²) in [5, 5.41) is 0.0628. The van der Waals surface area contributed by atoms with E-state index < -0.39 is 0 Å². The number of hydrogen-bond acceptors (Lipinski definition) is 4. The molecule has 0 aliphatic carbocycles. The number of carbonyl (C=O) groups is 1. The van der Waals surface area contributed by atoms with Crippen LogP contribution in [0.3, 0.4) is 0 Å². The normalized spacial score (nSPS) is 10.2. The fourth-order valence-corrected chi connectivity index (χ4v) is 1.69. The summed E-state index contributed by atoms with van der Waals surface area (Å²) in [6.45, 7) is 1.76. The largest absolute Gasteiger partial charge is 0.294 e.